The van der Waals surface area contributed by atoms with Crippen LogP contribution in [0.2, 0.25) is 5.02 Å². The Morgan fingerprint density at radius 3 is 2.22 bits per heavy atom. The molecule has 230 valence electrons. The summed E-state index contributed by atoms with van der Waals surface area (Å²) < 4.78 is 11.6. The van der Waals surface area contributed by atoms with E-state index in [0.717, 1.165) is 24.2 Å². The first kappa shape index (κ1) is 31.9. The van der Waals surface area contributed by atoms with Gasteiger partial charge >= 0.3 is 0 Å². The number of hydrogen-bond acceptors (Lipinski definition) is 6. The van der Waals surface area contributed by atoms with Crippen molar-refractivity contribution in [3.63, 3.8) is 0 Å². The molecule has 4 aromatic carbocycles. The first-order valence-electron chi connectivity index (χ1n) is 14.8. The van der Waals surface area contributed by atoms with E-state index in [1.807, 2.05) is 73.7 Å². The second-order valence-electron chi connectivity index (χ2n) is 10.2. The molecule has 1 fully saturated rings. The van der Waals surface area contributed by atoms with Crippen molar-refractivity contribution in [2.75, 3.05) is 23.4 Å². The Morgan fingerprint density at radius 1 is 0.911 bits per heavy atom. The fourth-order valence-corrected chi connectivity index (χ4v) is 5.93. The van der Waals surface area contributed by atoms with E-state index in [4.69, 9.17) is 26.1 Å². The van der Waals surface area contributed by atoms with Crippen molar-refractivity contribution in [2.45, 2.75) is 33.6 Å². The normalized spacial score (nSPS) is 14.7. The van der Waals surface area contributed by atoms with Crippen molar-refractivity contribution < 1.29 is 19.1 Å². The van der Waals surface area contributed by atoms with Gasteiger partial charge in [-0.3, -0.25) is 14.5 Å². The minimum atomic E-state index is -0.331. The molecule has 0 radical (unpaired) electrons. The molecule has 1 saturated heterocycles. The Morgan fingerprint density at radius 2 is 1.58 bits per heavy atom. The van der Waals surface area contributed by atoms with Crippen molar-refractivity contribution in [1.82, 2.24) is 0 Å². The number of thioether (sulfide) groups is 1. The summed E-state index contributed by atoms with van der Waals surface area (Å²) in [6.07, 6.45) is 3.60. The molecule has 2 amide bonds. The van der Waals surface area contributed by atoms with Gasteiger partial charge in [-0.25, -0.2) is 4.99 Å². The van der Waals surface area contributed by atoms with Crippen LogP contribution in [0.25, 0.3) is 6.08 Å². The third kappa shape index (κ3) is 7.95. The summed E-state index contributed by atoms with van der Waals surface area (Å²) in [4.78, 5) is 33.3. The summed E-state index contributed by atoms with van der Waals surface area (Å²) in [6.45, 7) is 6.14. The number of anilines is 2. The maximum Gasteiger partial charge on any atom is 0.271 e. The van der Waals surface area contributed by atoms with E-state index < -0.39 is 0 Å². The molecule has 1 N–H and O–H groups in total. The SMILES string of the molecule is CCOc1cc(/C=C2\SC(=Nc3ccc(CC)cc3)N(c3ccc(CC)cc3)C2=O)cc(Cl)c1OCC(=O)Nc1ccccc1. The third-order valence-corrected chi connectivity index (χ3v) is 8.26. The number of rotatable bonds is 11. The van der Waals surface area contributed by atoms with E-state index in [0.29, 0.717) is 33.7 Å². The van der Waals surface area contributed by atoms with Gasteiger partial charge in [0.15, 0.2) is 23.3 Å². The van der Waals surface area contributed by atoms with Crippen LogP contribution in [0.5, 0.6) is 11.5 Å². The molecule has 0 spiro atoms. The van der Waals surface area contributed by atoms with Crippen LogP contribution in [0, 0.1) is 0 Å². The van der Waals surface area contributed by atoms with Crippen LogP contribution in [0.1, 0.15) is 37.5 Å². The summed E-state index contributed by atoms with van der Waals surface area (Å²) >= 11 is 7.95. The Labute approximate surface area is 272 Å². The Balaban J connectivity index is 1.43. The fraction of sp³-hybridized carbons (Fsp3) is 0.194. The van der Waals surface area contributed by atoms with E-state index in [9.17, 15) is 9.59 Å². The molecule has 9 heteroatoms. The number of carbonyl (C=O) groups excluding carboxylic acids is 2. The van der Waals surface area contributed by atoms with Gasteiger partial charge in [0.05, 0.1) is 27.9 Å². The molecule has 1 aliphatic heterocycles. The van der Waals surface area contributed by atoms with Gasteiger partial charge in [-0.15, -0.1) is 0 Å². The molecule has 0 aliphatic carbocycles. The monoisotopic (exact) mass is 639 g/mol. The van der Waals surface area contributed by atoms with Gasteiger partial charge in [0.1, 0.15) is 0 Å². The topological polar surface area (TPSA) is 80.2 Å². The lowest BCUT2D eigenvalue weighted by Gasteiger charge is -2.16. The van der Waals surface area contributed by atoms with E-state index in [1.165, 1.54) is 22.9 Å². The first-order valence-corrected chi connectivity index (χ1v) is 16.0. The number of aliphatic imine (C=N–C) groups is 1. The predicted octanol–water partition coefficient (Wildman–Crippen LogP) is 8.69. The van der Waals surface area contributed by atoms with Crippen LogP contribution in [0.3, 0.4) is 0 Å². The van der Waals surface area contributed by atoms with Crippen LogP contribution in [-0.2, 0) is 22.4 Å². The third-order valence-electron chi connectivity index (χ3n) is 7.01. The van der Waals surface area contributed by atoms with Gasteiger partial charge in [0.25, 0.3) is 11.8 Å². The van der Waals surface area contributed by atoms with Crippen molar-refractivity contribution in [3.8, 4) is 11.5 Å². The zero-order valence-corrected chi connectivity index (χ0v) is 27.0. The molecule has 0 saturated carbocycles. The highest BCUT2D eigenvalue weighted by Crippen LogP contribution is 2.41. The maximum atomic E-state index is 13.9. The van der Waals surface area contributed by atoms with Crippen molar-refractivity contribution in [1.29, 1.82) is 0 Å². The van der Waals surface area contributed by atoms with Crippen LogP contribution in [-0.4, -0.2) is 30.2 Å². The van der Waals surface area contributed by atoms with E-state index >= 15 is 0 Å². The highest BCUT2D eigenvalue weighted by Gasteiger charge is 2.35. The van der Waals surface area contributed by atoms with Gasteiger partial charge in [-0.2, -0.15) is 0 Å². The second-order valence-corrected chi connectivity index (χ2v) is 11.6. The molecule has 0 unspecified atom stereocenters. The molecule has 1 heterocycles. The summed E-state index contributed by atoms with van der Waals surface area (Å²) in [5.41, 5.74) is 5.21. The standard InChI is InChI=1S/C36H34ClN3O4S/c1-4-24-12-16-28(17-13-24)39-36-40(29-18-14-25(5-2)15-19-29)35(42)32(45-36)22-26-20-30(37)34(31(21-26)43-6-3)44-23-33(41)38-27-10-8-7-9-11-27/h7-22H,4-6,23H2,1-3H3,(H,38,41)/b32-22-,39-36?. The summed E-state index contributed by atoms with van der Waals surface area (Å²) in [5.74, 6) is 0.101. The highest BCUT2D eigenvalue weighted by molar-refractivity contribution is 8.19. The minimum absolute atomic E-state index is 0.194. The van der Waals surface area contributed by atoms with Gasteiger partial charge in [-0.05, 0) is 103 Å². The molecular formula is C36H34ClN3O4S. The van der Waals surface area contributed by atoms with Crippen molar-refractivity contribution >= 4 is 63.5 Å². The molecule has 1 aliphatic rings. The number of ether oxygens (including phenoxy) is 2. The number of para-hydroxylation sites is 1. The minimum Gasteiger partial charge on any atom is -0.490 e. The largest absolute Gasteiger partial charge is 0.490 e. The maximum absolute atomic E-state index is 13.9. The molecule has 7 nitrogen and oxygen atoms in total. The summed E-state index contributed by atoms with van der Waals surface area (Å²) in [5, 5.41) is 3.60. The molecule has 45 heavy (non-hydrogen) atoms. The summed E-state index contributed by atoms with van der Waals surface area (Å²) in [6, 6.07) is 28.5. The van der Waals surface area contributed by atoms with Crippen molar-refractivity contribution in [2.24, 2.45) is 4.99 Å². The molecular weight excluding hydrogens is 606 g/mol. The zero-order valence-electron chi connectivity index (χ0n) is 25.4. The highest BCUT2D eigenvalue weighted by atomic mass is 35.5. The number of aryl methyl sites for hydroxylation is 2. The molecule has 5 rings (SSSR count). The Kier molecular flexibility index (Phi) is 10.6. The number of hydrogen-bond donors (Lipinski definition) is 1. The molecule has 0 bridgehead atoms. The Hall–Kier alpha value is -4.53. The molecule has 4 aromatic rings. The molecule has 0 aromatic heterocycles. The van der Waals surface area contributed by atoms with Crippen LogP contribution >= 0.6 is 23.4 Å². The predicted molar refractivity (Wildman–Crippen MR) is 185 cm³/mol. The second kappa shape index (κ2) is 15.0. The number of amidine groups is 1. The van der Waals surface area contributed by atoms with Crippen LogP contribution in [0.4, 0.5) is 17.1 Å². The van der Waals surface area contributed by atoms with E-state index in [-0.39, 0.29) is 29.2 Å². The number of amides is 2. The lowest BCUT2D eigenvalue weighted by molar-refractivity contribution is -0.118. The van der Waals surface area contributed by atoms with Gasteiger partial charge in [0, 0.05) is 5.69 Å². The fourth-order valence-electron chi connectivity index (χ4n) is 4.66. The molecule has 0 atom stereocenters. The quantitative estimate of drug-likeness (QED) is 0.166. The van der Waals surface area contributed by atoms with Gasteiger partial charge in [-0.1, -0.05) is 67.9 Å². The number of halogens is 1. The van der Waals surface area contributed by atoms with Gasteiger partial charge in [0.2, 0.25) is 0 Å². The van der Waals surface area contributed by atoms with Crippen LogP contribution in [0.15, 0.2) is 101 Å². The summed E-state index contributed by atoms with van der Waals surface area (Å²) in [7, 11) is 0. The number of benzene rings is 4. The number of carbonyl (C=O) groups is 2. The van der Waals surface area contributed by atoms with Crippen LogP contribution < -0.4 is 19.7 Å². The lowest BCUT2D eigenvalue weighted by atomic mass is 10.1. The number of nitrogens with zero attached hydrogens (tertiary/aromatic N) is 2. The zero-order chi connectivity index (χ0) is 31.8. The van der Waals surface area contributed by atoms with Crippen molar-refractivity contribution in [3.05, 3.63) is 118 Å². The van der Waals surface area contributed by atoms with Gasteiger partial charge < -0.3 is 14.8 Å². The number of nitrogens with one attached hydrogen (secondary N) is 1. The average Bonchev–Trinajstić information content (AvgIpc) is 3.35. The van der Waals surface area contributed by atoms with E-state index in [1.54, 1.807) is 35.2 Å². The van der Waals surface area contributed by atoms with E-state index in [2.05, 4.69) is 19.2 Å². The average molecular weight is 640 g/mol. The smallest absolute Gasteiger partial charge is 0.271 e. The first-order chi connectivity index (χ1) is 21.9. The Bertz CT molecular complexity index is 1720. The lowest BCUT2D eigenvalue weighted by Crippen LogP contribution is -2.28.